The minimum Gasteiger partial charge on any atom is -0.364 e. The highest BCUT2D eigenvalue weighted by Crippen LogP contribution is 2.25. The summed E-state index contributed by atoms with van der Waals surface area (Å²) in [5.41, 5.74) is 3.21. The molecule has 1 unspecified atom stereocenters. The quantitative estimate of drug-likeness (QED) is 0.788. The Bertz CT molecular complexity index is 417. The van der Waals surface area contributed by atoms with E-state index in [1.54, 1.807) is 6.92 Å². The minimum atomic E-state index is -1.06. The number of hydrogen-bond acceptors (Lipinski definition) is 4. The van der Waals surface area contributed by atoms with E-state index < -0.39 is 5.60 Å². The lowest BCUT2D eigenvalue weighted by Crippen LogP contribution is -2.43. The first-order valence-electron chi connectivity index (χ1n) is 6.06. The Morgan fingerprint density at radius 1 is 1.26 bits per heavy atom. The maximum Gasteiger partial charge on any atom is 0.280 e. The molecule has 5 nitrogen and oxygen atoms in total. The first-order chi connectivity index (χ1) is 8.93. The third kappa shape index (κ3) is 3.76. The van der Waals surface area contributed by atoms with Crippen molar-refractivity contribution < 1.29 is 14.4 Å². The molecule has 0 bridgehead atoms. The third-order valence-corrected chi connectivity index (χ3v) is 3.04. The van der Waals surface area contributed by atoms with Gasteiger partial charge < -0.3 is 9.64 Å². The summed E-state index contributed by atoms with van der Waals surface area (Å²) < 4.78 is 5.36. The van der Waals surface area contributed by atoms with Crippen molar-refractivity contribution in [2.45, 2.75) is 19.1 Å². The molecule has 0 saturated heterocycles. The van der Waals surface area contributed by atoms with E-state index in [4.69, 9.17) is 4.74 Å². The Balaban J connectivity index is 2.96. The number of carbonyl (C=O) groups is 1. The van der Waals surface area contributed by atoms with Gasteiger partial charge in [-0.25, -0.2) is 5.48 Å². The summed E-state index contributed by atoms with van der Waals surface area (Å²) in [4.78, 5) is 18.7. The van der Waals surface area contributed by atoms with Crippen molar-refractivity contribution in [1.29, 1.82) is 0 Å². The lowest BCUT2D eigenvalue weighted by Gasteiger charge is -2.27. The number of nitrogens with zero attached hydrogens (tertiary/aromatic N) is 1. The molecule has 0 aromatic heterocycles. The van der Waals surface area contributed by atoms with Crippen LogP contribution in [0.15, 0.2) is 24.3 Å². The highest BCUT2D eigenvalue weighted by Gasteiger charge is 2.35. The van der Waals surface area contributed by atoms with Crippen LogP contribution in [0.4, 0.5) is 0 Å². The number of hydroxylamine groups is 1. The minimum absolute atomic E-state index is 0.335. The molecule has 0 spiro atoms. The van der Waals surface area contributed by atoms with Crippen molar-refractivity contribution in [3.8, 4) is 0 Å². The van der Waals surface area contributed by atoms with Gasteiger partial charge in [0.25, 0.3) is 5.91 Å². The van der Waals surface area contributed by atoms with Crippen LogP contribution in [0.1, 0.15) is 18.1 Å². The van der Waals surface area contributed by atoms with E-state index in [0.717, 1.165) is 12.1 Å². The van der Waals surface area contributed by atoms with E-state index in [9.17, 15) is 4.79 Å². The van der Waals surface area contributed by atoms with Crippen LogP contribution in [0.25, 0.3) is 0 Å². The molecule has 5 heteroatoms. The predicted octanol–water partition coefficient (Wildman–Crippen LogP) is 1.29. The molecule has 1 rings (SSSR count). The second-order valence-corrected chi connectivity index (χ2v) is 4.81. The first-order valence-corrected chi connectivity index (χ1v) is 6.06. The van der Waals surface area contributed by atoms with Gasteiger partial charge in [0.1, 0.15) is 0 Å². The molecular weight excluding hydrogens is 244 g/mol. The summed E-state index contributed by atoms with van der Waals surface area (Å²) in [7, 11) is 6.93. The van der Waals surface area contributed by atoms with Crippen LogP contribution in [-0.2, 0) is 26.5 Å². The first kappa shape index (κ1) is 15.6. The smallest absolute Gasteiger partial charge is 0.280 e. The molecule has 1 aromatic carbocycles. The van der Waals surface area contributed by atoms with Crippen LogP contribution >= 0.6 is 0 Å². The number of ether oxygens (including phenoxy) is 1. The van der Waals surface area contributed by atoms with E-state index in [1.165, 1.54) is 19.8 Å². The summed E-state index contributed by atoms with van der Waals surface area (Å²) in [5.74, 6) is -0.335. The molecule has 0 saturated carbocycles. The number of hydrogen-bond donors (Lipinski definition) is 1. The predicted molar refractivity (Wildman–Crippen MR) is 73.3 cm³/mol. The monoisotopic (exact) mass is 266 g/mol. The Morgan fingerprint density at radius 3 is 2.26 bits per heavy atom. The van der Waals surface area contributed by atoms with Crippen LogP contribution in [0.3, 0.4) is 0 Å². The van der Waals surface area contributed by atoms with Crippen molar-refractivity contribution in [2.75, 3.05) is 28.3 Å². The molecule has 0 aliphatic rings. The zero-order valence-electron chi connectivity index (χ0n) is 12.2. The molecule has 0 aliphatic carbocycles. The Labute approximate surface area is 114 Å². The summed E-state index contributed by atoms with van der Waals surface area (Å²) in [6.07, 6.45) is 0. The summed E-state index contributed by atoms with van der Waals surface area (Å²) in [5, 5.41) is 0. The van der Waals surface area contributed by atoms with Crippen molar-refractivity contribution in [3.63, 3.8) is 0 Å². The van der Waals surface area contributed by atoms with Crippen molar-refractivity contribution in [2.24, 2.45) is 0 Å². The molecule has 19 heavy (non-hydrogen) atoms. The maximum absolute atomic E-state index is 12.0. The van der Waals surface area contributed by atoms with Gasteiger partial charge in [0.2, 0.25) is 0 Å². The average molecular weight is 266 g/mol. The van der Waals surface area contributed by atoms with Gasteiger partial charge in [-0.3, -0.25) is 9.63 Å². The van der Waals surface area contributed by atoms with Crippen molar-refractivity contribution in [3.05, 3.63) is 35.4 Å². The Hall–Kier alpha value is -1.43. The second-order valence-electron chi connectivity index (χ2n) is 4.81. The molecule has 1 N–H and O–H groups in total. The van der Waals surface area contributed by atoms with Gasteiger partial charge in [-0.15, -0.1) is 0 Å². The number of rotatable bonds is 6. The van der Waals surface area contributed by atoms with E-state index in [1.807, 2.05) is 38.4 Å². The van der Waals surface area contributed by atoms with Crippen LogP contribution in [0.2, 0.25) is 0 Å². The average Bonchev–Trinajstić information content (AvgIpc) is 2.38. The molecule has 106 valence electrons. The van der Waals surface area contributed by atoms with Crippen molar-refractivity contribution in [1.82, 2.24) is 10.4 Å². The molecule has 1 amide bonds. The molecule has 1 atom stereocenters. The number of methoxy groups -OCH3 is 1. The van der Waals surface area contributed by atoms with Gasteiger partial charge in [0, 0.05) is 13.7 Å². The van der Waals surface area contributed by atoms with Crippen LogP contribution < -0.4 is 5.48 Å². The summed E-state index contributed by atoms with van der Waals surface area (Å²) in [6, 6.07) is 7.79. The van der Waals surface area contributed by atoms with Gasteiger partial charge in [-0.05, 0) is 32.1 Å². The van der Waals surface area contributed by atoms with Crippen LogP contribution in [0.5, 0.6) is 0 Å². The molecule has 0 heterocycles. The van der Waals surface area contributed by atoms with Gasteiger partial charge >= 0.3 is 0 Å². The fourth-order valence-electron chi connectivity index (χ4n) is 1.83. The largest absolute Gasteiger partial charge is 0.364 e. The van der Waals surface area contributed by atoms with E-state index in [0.29, 0.717) is 0 Å². The van der Waals surface area contributed by atoms with Gasteiger partial charge in [0.05, 0.1) is 7.11 Å². The maximum atomic E-state index is 12.0. The van der Waals surface area contributed by atoms with E-state index >= 15 is 0 Å². The number of nitrogens with one attached hydrogen (secondary N) is 1. The number of benzene rings is 1. The topological polar surface area (TPSA) is 50.8 Å². The zero-order chi connectivity index (χ0) is 14.5. The highest BCUT2D eigenvalue weighted by atomic mass is 16.6. The van der Waals surface area contributed by atoms with Crippen LogP contribution in [0, 0.1) is 0 Å². The molecular formula is C14H22N2O3. The normalized spacial score (nSPS) is 14.2. The number of carbonyl (C=O) groups excluding carboxylic acids is 1. The Kier molecular flexibility index (Phi) is 5.47. The standard InChI is InChI=1S/C14H22N2O3/c1-14(18-4,13(17)15-19-5)12-8-6-11(7-9-12)10-16(2)3/h6-9H,10H2,1-5H3,(H,15,17). The van der Waals surface area contributed by atoms with E-state index in [-0.39, 0.29) is 5.91 Å². The zero-order valence-corrected chi connectivity index (χ0v) is 12.2. The van der Waals surface area contributed by atoms with Crippen molar-refractivity contribution >= 4 is 5.91 Å². The molecule has 0 aliphatic heterocycles. The fourth-order valence-corrected chi connectivity index (χ4v) is 1.83. The number of amides is 1. The fraction of sp³-hybridized carbons (Fsp3) is 0.500. The SMILES string of the molecule is CONC(=O)C(C)(OC)c1ccc(CN(C)C)cc1. The van der Waals surface area contributed by atoms with Gasteiger partial charge in [-0.2, -0.15) is 0 Å². The lowest BCUT2D eigenvalue weighted by molar-refractivity contribution is -0.153. The third-order valence-electron chi connectivity index (χ3n) is 3.04. The van der Waals surface area contributed by atoms with Gasteiger partial charge in [-0.1, -0.05) is 24.3 Å². The van der Waals surface area contributed by atoms with E-state index in [2.05, 4.69) is 15.2 Å². The Morgan fingerprint density at radius 2 is 1.84 bits per heavy atom. The second kappa shape index (κ2) is 6.65. The van der Waals surface area contributed by atoms with Gasteiger partial charge in [0.15, 0.2) is 5.60 Å². The molecule has 0 fully saturated rings. The summed E-state index contributed by atoms with van der Waals surface area (Å²) in [6.45, 7) is 2.57. The lowest BCUT2D eigenvalue weighted by atomic mass is 9.94. The molecule has 0 radical (unpaired) electrons. The molecule has 1 aromatic rings. The summed E-state index contributed by atoms with van der Waals surface area (Å²) >= 11 is 0. The highest BCUT2D eigenvalue weighted by molar-refractivity contribution is 5.85. The van der Waals surface area contributed by atoms with Crippen LogP contribution in [-0.4, -0.2) is 39.1 Å².